The van der Waals surface area contributed by atoms with Gasteiger partial charge in [0.25, 0.3) is 0 Å². The number of aryl methyl sites for hydroxylation is 1. The summed E-state index contributed by atoms with van der Waals surface area (Å²) >= 11 is 0. The molecule has 0 amide bonds. The second kappa shape index (κ2) is 3.58. The van der Waals surface area contributed by atoms with E-state index in [-0.39, 0.29) is 0 Å². The van der Waals surface area contributed by atoms with Crippen molar-refractivity contribution < 1.29 is 0 Å². The van der Waals surface area contributed by atoms with Crippen LogP contribution in [0.3, 0.4) is 0 Å². The van der Waals surface area contributed by atoms with Gasteiger partial charge in [0.05, 0.1) is 5.69 Å². The summed E-state index contributed by atoms with van der Waals surface area (Å²) in [5.74, 6) is 2.44. The van der Waals surface area contributed by atoms with Gasteiger partial charge in [-0.25, -0.2) is 0 Å². The van der Waals surface area contributed by atoms with Gasteiger partial charge >= 0.3 is 0 Å². The van der Waals surface area contributed by atoms with Crippen LogP contribution in [0.4, 0.5) is 5.69 Å². The first kappa shape index (κ1) is 7.56. The Labute approximate surface area is 66.4 Å². The zero-order valence-corrected chi connectivity index (χ0v) is 6.33. The van der Waals surface area contributed by atoms with E-state index >= 15 is 0 Å². The SMILES string of the molecule is [CH]=C=C=Nc1cccc(C)c1. The van der Waals surface area contributed by atoms with Gasteiger partial charge in [-0.2, -0.15) is 4.99 Å². The standard InChI is InChI=1S/C10H8N/c1-3-7-11-10-6-4-5-9(2)8-10/h1,4-6,8H,2H3. The minimum absolute atomic E-state index is 0.850. The number of nitrogens with zero attached hydrogens (tertiary/aromatic N) is 1. The van der Waals surface area contributed by atoms with Crippen molar-refractivity contribution in [2.75, 3.05) is 0 Å². The fourth-order valence-corrected chi connectivity index (χ4v) is 0.794. The molecule has 0 aliphatic carbocycles. The van der Waals surface area contributed by atoms with E-state index in [0.717, 1.165) is 5.69 Å². The molecule has 1 aromatic rings. The Morgan fingerprint density at radius 3 is 2.91 bits per heavy atom. The van der Waals surface area contributed by atoms with E-state index < -0.39 is 0 Å². The van der Waals surface area contributed by atoms with Gasteiger partial charge in [-0.15, -0.1) is 0 Å². The second-order valence-corrected chi connectivity index (χ2v) is 2.21. The zero-order chi connectivity index (χ0) is 8.10. The molecule has 0 saturated heterocycles. The van der Waals surface area contributed by atoms with Crippen LogP contribution in [0.5, 0.6) is 0 Å². The molecule has 0 unspecified atom stereocenters. The van der Waals surface area contributed by atoms with Gasteiger partial charge in [0.15, 0.2) is 0 Å². The lowest BCUT2D eigenvalue weighted by Crippen LogP contribution is -1.68. The van der Waals surface area contributed by atoms with Gasteiger partial charge in [0.1, 0.15) is 0 Å². The third-order valence-electron chi connectivity index (χ3n) is 1.25. The quantitative estimate of drug-likeness (QED) is 0.422. The van der Waals surface area contributed by atoms with Crippen LogP contribution >= 0.6 is 0 Å². The molecule has 1 radical (unpaired) electrons. The predicted octanol–water partition coefficient (Wildman–Crippen LogP) is 2.44. The second-order valence-electron chi connectivity index (χ2n) is 2.21. The van der Waals surface area contributed by atoms with Crippen LogP contribution in [0, 0.1) is 13.5 Å². The van der Waals surface area contributed by atoms with Crippen molar-refractivity contribution in [1.29, 1.82) is 0 Å². The molecule has 0 aliphatic rings. The van der Waals surface area contributed by atoms with Gasteiger partial charge in [0, 0.05) is 5.87 Å². The molecule has 0 heterocycles. The summed E-state index contributed by atoms with van der Waals surface area (Å²) in [5, 5.41) is 0. The lowest BCUT2D eigenvalue weighted by Gasteiger charge is -1.91. The Morgan fingerprint density at radius 2 is 2.27 bits per heavy atom. The maximum atomic E-state index is 4.96. The molecule has 1 rings (SSSR count). The average molecular weight is 142 g/mol. The van der Waals surface area contributed by atoms with Crippen LogP contribution < -0.4 is 0 Å². The first-order chi connectivity index (χ1) is 5.33. The molecule has 0 aromatic heterocycles. The number of hydrogen-bond acceptors (Lipinski definition) is 1. The summed E-state index contributed by atoms with van der Waals surface area (Å²) in [6.45, 7) is 6.97. The Morgan fingerprint density at radius 1 is 1.45 bits per heavy atom. The van der Waals surface area contributed by atoms with Gasteiger partial charge < -0.3 is 0 Å². The molecule has 1 nitrogen and oxygen atoms in total. The minimum atomic E-state index is 0.850. The van der Waals surface area contributed by atoms with Crippen LogP contribution in [-0.4, -0.2) is 5.87 Å². The van der Waals surface area contributed by atoms with Crippen molar-refractivity contribution in [3.8, 4) is 0 Å². The van der Waals surface area contributed by atoms with Crippen molar-refractivity contribution >= 4 is 11.6 Å². The first-order valence-corrected chi connectivity index (χ1v) is 3.31. The molecule has 0 spiro atoms. The van der Waals surface area contributed by atoms with E-state index in [1.165, 1.54) is 5.56 Å². The van der Waals surface area contributed by atoms with Gasteiger partial charge in [-0.3, -0.25) is 0 Å². The lowest BCUT2D eigenvalue weighted by atomic mass is 10.2. The van der Waals surface area contributed by atoms with Crippen molar-refractivity contribution in [2.24, 2.45) is 4.99 Å². The minimum Gasteiger partial charge on any atom is -0.198 e. The lowest BCUT2D eigenvalue weighted by molar-refractivity contribution is 1.44. The Kier molecular flexibility index (Phi) is 2.46. The molecular formula is C10H8N. The summed E-state index contributed by atoms with van der Waals surface area (Å²) in [6, 6.07) is 7.78. The van der Waals surface area contributed by atoms with Crippen LogP contribution in [0.25, 0.3) is 0 Å². The fourth-order valence-electron chi connectivity index (χ4n) is 0.794. The van der Waals surface area contributed by atoms with Crippen molar-refractivity contribution in [2.45, 2.75) is 6.92 Å². The summed E-state index contributed by atoms with van der Waals surface area (Å²) in [4.78, 5) is 3.90. The van der Waals surface area contributed by atoms with E-state index in [4.69, 9.17) is 6.58 Å². The van der Waals surface area contributed by atoms with Crippen LogP contribution in [-0.2, 0) is 0 Å². The van der Waals surface area contributed by atoms with Crippen LogP contribution in [0.15, 0.2) is 35.0 Å². The molecular weight excluding hydrogens is 134 g/mol. The molecule has 0 bridgehead atoms. The molecule has 11 heavy (non-hydrogen) atoms. The largest absolute Gasteiger partial charge is 0.198 e. The third-order valence-corrected chi connectivity index (χ3v) is 1.25. The van der Waals surface area contributed by atoms with Crippen molar-refractivity contribution in [1.82, 2.24) is 0 Å². The van der Waals surface area contributed by atoms with E-state index in [1.807, 2.05) is 31.2 Å². The van der Waals surface area contributed by atoms with E-state index in [1.54, 1.807) is 0 Å². The van der Waals surface area contributed by atoms with Gasteiger partial charge in [-0.05, 0) is 36.9 Å². The highest BCUT2D eigenvalue weighted by atomic mass is 14.7. The van der Waals surface area contributed by atoms with Gasteiger partial charge in [0.2, 0.25) is 0 Å². The monoisotopic (exact) mass is 142 g/mol. The van der Waals surface area contributed by atoms with Gasteiger partial charge in [-0.1, -0.05) is 12.1 Å². The topological polar surface area (TPSA) is 12.4 Å². The molecule has 0 N–H and O–H groups in total. The third kappa shape index (κ3) is 2.27. The molecule has 1 aromatic carbocycles. The number of rotatable bonds is 1. The fraction of sp³-hybridized carbons (Fsp3) is 0.100. The highest BCUT2D eigenvalue weighted by Crippen LogP contribution is 2.11. The highest BCUT2D eigenvalue weighted by Gasteiger charge is 1.85. The molecule has 0 atom stereocenters. The zero-order valence-electron chi connectivity index (χ0n) is 6.33. The number of aliphatic imine (C=N–C) groups is 1. The van der Waals surface area contributed by atoms with Crippen LogP contribution in [0.1, 0.15) is 5.56 Å². The molecule has 1 heteroatoms. The molecule has 0 aliphatic heterocycles. The molecule has 53 valence electrons. The summed E-state index contributed by atoms with van der Waals surface area (Å²) in [6.07, 6.45) is 0. The predicted molar refractivity (Wildman–Crippen MR) is 46.1 cm³/mol. The Balaban J connectivity index is 3.06. The van der Waals surface area contributed by atoms with Crippen molar-refractivity contribution in [3.05, 3.63) is 42.1 Å². The maximum Gasteiger partial charge on any atom is 0.0739 e. The number of benzene rings is 1. The van der Waals surface area contributed by atoms with E-state index in [9.17, 15) is 0 Å². The first-order valence-electron chi connectivity index (χ1n) is 3.31. The molecule has 0 saturated carbocycles. The van der Waals surface area contributed by atoms with Crippen LogP contribution in [0.2, 0.25) is 0 Å². The summed E-state index contributed by atoms with van der Waals surface area (Å²) in [7, 11) is 0. The Hall–Kier alpha value is -1.55. The van der Waals surface area contributed by atoms with E-state index in [2.05, 4.69) is 16.6 Å². The van der Waals surface area contributed by atoms with E-state index in [0.29, 0.717) is 0 Å². The Bertz CT molecular complexity index is 326. The summed E-state index contributed by atoms with van der Waals surface area (Å²) < 4.78 is 0. The summed E-state index contributed by atoms with van der Waals surface area (Å²) in [5.41, 5.74) is 4.24. The number of hydrogen-bond donors (Lipinski definition) is 0. The smallest absolute Gasteiger partial charge is 0.0739 e. The molecule has 0 fully saturated rings. The van der Waals surface area contributed by atoms with Crippen molar-refractivity contribution in [3.63, 3.8) is 0 Å². The normalized spacial score (nSPS) is 8.09. The average Bonchev–Trinajstić information content (AvgIpc) is 2.01. The highest BCUT2D eigenvalue weighted by molar-refractivity contribution is 5.57. The maximum absolute atomic E-state index is 4.96.